The molecule has 2 N–H and O–H groups in total. The molecule has 0 radical (unpaired) electrons. The van der Waals surface area contributed by atoms with Gasteiger partial charge in [-0.1, -0.05) is 48.5 Å². The molecule has 3 aromatic heterocycles. The van der Waals surface area contributed by atoms with Gasteiger partial charge in [0.25, 0.3) is 0 Å². The monoisotopic (exact) mass is 2000 g/mol. The summed E-state index contributed by atoms with van der Waals surface area (Å²) in [5, 5.41) is 0. The van der Waals surface area contributed by atoms with E-state index in [0.717, 1.165) is 111 Å². The molecule has 20 atom stereocenters. The summed E-state index contributed by atoms with van der Waals surface area (Å²) in [5.74, 6) is -13.1. The number of hydrogen-bond donors (Lipinski definition) is 2. The second-order valence-electron chi connectivity index (χ2n) is 33.9. The molecular formula is C100H106N4O40. The Bertz CT molecular complexity index is 5460. The highest BCUT2D eigenvalue weighted by molar-refractivity contribution is 5.93. The van der Waals surface area contributed by atoms with Crippen LogP contribution in [-0.4, -0.2) is 265 Å². The van der Waals surface area contributed by atoms with E-state index >= 15 is 0 Å². The summed E-state index contributed by atoms with van der Waals surface area (Å²) in [6, 6.07) is 33.7. The van der Waals surface area contributed by atoms with Gasteiger partial charge in [0.1, 0.15) is 73.8 Å². The molecule has 4 fully saturated rings. The Balaban J connectivity index is 1.02. The molecule has 44 nitrogen and oxygen atoms in total. The minimum Gasteiger partial charge on any atom is -0.463 e. The number of benzene rings is 4. The molecule has 4 aromatic carbocycles. The van der Waals surface area contributed by atoms with Crippen LogP contribution in [0.5, 0.6) is 23.0 Å². The maximum absolute atomic E-state index is 13.0. The zero-order chi connectivity index (χ0) is 104. The molecule has 144 heavy (non-hydrogen) atoms. The first kappa shape index (κ1) is 106. The number of esters is 16. The Hall–Kier alpha value is -15.4. The second-order valence-corrected chi connectivity index (χ2v) is 33.9. The van der Waals surface area contributed by atoms with Gasteiger partial charge in [0.15, 0.2) is 48.8 Å². The zero-order valence-electron chi connectivity index (χ0n) is 81.0. The first-order valence-electron chi connectivity index (χ1n) is 45.5. The van der Waals surface area contributed by atoms with Crippen molar-refractivity contribution in [2.75, 3.05) is 26.4 Å². The number of rotatable bonds is 32. The van der Waals surface area contributed by atoms with E-state index in [9.17, 15) is 76.7 Å². The van der Waals surface area contributed by atoms with Gasteiger partial charge in [-0.25, -0.2) is 0 Å². The Morgan fingerprint density at radius 2 is 0.382 bits per heavy atom. The van der Waals surface area contributed by atoms with E-state index in [1.54, 1.807) is 97.1 Å². The normalized spacial score (nSPS) is 24.2. The minimum atomic E-state index is -1.65. The van der Waals surface area contributed by atoms with Gasteiger partial charge in [0.05, 0.1) is 22.8 Å². The number of nitrogens with zero attached hydrogens (tertiary/aromatic N) is 2. The zero-order valence-corrected chi connectivity index (χ0v) is 81.0. The fourth-order valence-electron chi connectivity index (χ4n) is 17.5. The SMILES string of the molecule is CC(=O)OC[C@H]1O[C@@H](Oc2ccc(-c3c4nc(c(-c5ccc(O[C@@H]6O[C@H](COC(C)=O)[C@H](OC(C)=O)[C@H](OC(C)=O)[C@H]6OC(C)=O)cc5)c5ccc([nH]5)c(-c5ccc(O[C@@H]6O[C@H](COC(C)=O)[C@H](OC(C)=O)[C@H](OC(C)=O)[C@H]6OC(C)=O)cc5)c5nc(c(-c6ccc(O[C@@H]7O[C@H](COC(C)=O)[C@H](OC(C)=O)[C@H](OC(C)=O)[C@H]7OC(C)=O)cc6)c6ccc3[nH]6)CC5)CC4)cc2)[C@H](OC(C)=O)[C@@H](OC(C)=O)[C@H]1OC(C)=O. The van der Waals surface area contributed by atoms with Crippen LogP contribution >= 0.6 is 0 Å². The third kappa shape index (κ3) is 26.9. The molecule has 8 bridgehead atoms. The fourth-order valence-corrected chi connectivity index (χ4v) is 17.5. The summed E-state index contributed by atoms with van der Waals surface area (Å²) >= 11 is 0. The highest BCUT2D eigenvalue weighted by atomic mass is 16.8. The fraction of sp³-hybridized carbons (Fsp3) is 0.440. The maximum atomic E-state index is 13.0. The molecule has 6 aliphatic rings. The van der Waals surface area contributed by atoms with Crippen LogP contribution < -0.4 is 18.9 Å². The summed E-state index contributed by atoms with van der Waals surface area (Å²) in [7, 11) is 0. The molecule has 0 saturated carbocycles. The van der Waals surface area contributed by atoms with E-state index in [-0.39, 0.29) is 48.7 Å². The summed E-state index contributed by atoms with van der Waals surface area (Å²) in [5.41, 5.74) is 8.04. The predicted molar refractivity (Wildman–Crippen MR) is 488 cm³/mol. The molecule has 0 spiro atoms. The van der Waals surface area contributed by atoms with Gasteiger partial charge < -0.3 is 124 Å². The number of aromatic nitrogens is 4. The van der Waals surface area contributed by atoms with Gasteiger partial charge in [-0.2, -0.15) is 0 Å². The van der Waals surface area contributed by atoms with Crippen molar-refractivity contribution in [3.05, 3.63) is 144 Å². The first-order valence-corrected chi connectivity index (χ1v) is 45.5. The van der Waals surface area contributed by atoms with Crippen LogP contribution in [0.4, 0.5) is 0 Å². The Morgan fingerprint density at radius 3 is 0.542 bits per heavy atom. The molecule has 0 aliphatic carbocycles. The number of carbonyl (C=O) groups excluding carboxylic acids is 16. The highest BCUT2D eigenvalue weighted by Crippen LogP contribution is 2.44. The maximum Gasteiger partial charge on any atom is 0.303 e. The minimum absolute atomic E-state index is 0.0770. The largest absolute Gasteiger partial charge is 0.463 e. The van der Waals surface area contributed by atoms with E-state index in [2.05, 4.69) is 9.97 Å². The Labute approximate surface area is 821 Å². The van der Waals surface area contributed by atoms with Crippen molar-refractivity contribution in [1.29, 1.82) is 0 Å². The van der Waals surface area contributed by atoms with Gasteiger partial charge in [-0.3, -0.25) is 86.7 Å². The average molecular weight is 2000 g/mol. The van der Waals surface area contributed by atoms with E-state index in [4.69, 9.17) is 124 Å². The second kappa shape index (κ2) is 47.0. The van der Waals surface area contributed by atoms with Crippen molar-refractivity contribution in [3.8, 4) is 67.5 Å². The van der Waals surface area contributed by atoms with Crippen LogP contribution in [0.3, 0.4) is 0 Å². The summed E-state index contributed by atoms with van der Waals surface area (Å²) in [4.78, 5) is 223. The van der Waals surface area contributed by atoms with Gasteiger partial charge in [-0.05, 0) is 121 Å². The first-order chi connectivity index (χ1) is 68.5. The standard InChI is InChI=1S/C100H106N4O40/c1-45(105)121-41-77-85(125-49(5)109)89(129-53(9)113)93(133-57(13)117)97(141-77)137-65-25-17-61(18-26-65)81-69-33-35-71(101-69)82(62-19-27-66(28-20-62)138-98-94(134-58(14)118)90(130-54(10)114)86(126-50(6)110)78(142-98)42-122-46(2)106)73-37-39-75(103-73)84(64-23-31-68(32-24-64)140-100-96(136-60(16)120)92(132-56(12)116)88(128-52(8)112)80(144-100)44-124-48(4)108)76-40-38-74(104-76)83(72-36-34-70(81)102-72)63-21-29-67(30-22-63)139-99-95(135-59(15)119)91(131-55(11)115)87(127-51(7)111)79(143-99)43-123-47(3)107/h17-33,35,38,40,77-80,85-101,104H,34,36-37,39,41-44H2,1-16H3/t77-,78-,79-,80-,85+,86+,87+,88+,89+,90+,91+,92+,93-,94-,95-,96-,97-,98-,99-,100-/m1/s1. The van der Waals surface area contributed by atoms with Crippen molar-refractivity contribution in [2.24, 2.45) is 0 Å². The van der Waals surface area contributed by atoms with Gasteiger partial charge in [0.2, 0.25) is 49.6 Å². The number of aryl methyl sites for hydroxylation is 4. The van der Waals surface area contributed by atoms with Gasteiger partial charge in [0, 0.05) is 155 Å². The van der Waals surface area contributed by atoms with Crippen molar-refractivity contribution in [1.82, 2.24) is 19.9 Å². The van der Waals surface area contributed by atoms with Crippen LogP contribution in [0.2, 0.25) is 0 Å². The summed E-state index contributed by atoms with van der Waals surface area (Å²) in [6.45, 7) is 15.3. The molecular weight excluding hydrogens is 1900 g/mol. The third-order valence-corrected chi connectivity index (χ3v) is 22.7. The highest BCUT2D eigenvalue weighted by Gasteiger charge is 2.58. The molecule has 766 valence electrons. The summed E-state index contributed by atoms with van der Waals surface area (Å²) in [6.07, 6.45) is -30.0. The van der Waals surface area contributed by atoms with Crippen LogP contribution in [0.1, 0.15) is 134 Å². The average Bonchev–Trinajstić information content (AvgIpc) is 1.67. The van der Waals surface area contributed by atoms with Crippen molar-refractivity contribution in [2.45, 2.75) is 259 Å². The molecule has 0 amide bonds. The molecule has 6 aliphatic heterocycles. The number of aromatic amines is 2. The van der Waals surface area contributed by atoms with Crippen LogP contribution in [0.15, 0.2) is 121 Å². The molecule has 44 heteroatoms. The number of ether oxygens (including phenoxy) is 24. The number of nitrogens with one attached hydrogen (secondary N) is 2. The number of hydrogen-bond acceptors (Lipinski definition) is 42. The Kier molecular flexibility index (Phi) is 34.5. The van der Waals surface area contributed by atoms with Crippen LogP contribution in [0.25, 0.3) is 66.6 Å². The van der Waals surface area contributed by atoms with E-state index in [1.165, 1.54) is 0 Å². The smallest absolute Gasteiger partial charge is 0.303 e. The molecule has 7 aromatic rings. The van der Waals surface area contributed by atoms with Crippen molar-refractivity contribution < 1.29 is 190 Å². The third-order valence-electron chi connectivity index (χ3n) is 22.7. The Morgan fingerprint density at radius 1 is 0.222 bits per heavy atom. The van der Waals surface area contributed by atoms with E-state index < -0.39 is 245 Å². The number of fused-ring (bicyclic) bond motifs is 8. The van der Waals surface area contributed by atoms with Gasteiger partial charge >= 0.3 is 95.5 Å². The molecule has 4 saturated heterocycles. The van der Waals surface area contributed by atoms with Crippen LogP contribution in [-0.2, 0) is 197 Å². The van der Waals surface area contributed by atoms with Gasteiger partial charge in [-0.15, -0.1) is 0 Å². The molecule has 13 rings (SSSR count). The predicted octanol–water partition coefficient (Wildman–Crippen LogP) is 8.40. The lowest BCUT2D eigenvalue weighted by Gasteiger charge is -2.43. The van der Waals surface area contributed by atoms with Crippen molar-refractivity contribution >= 4 is 118 Å². The lowest BCUT2D eigenvalue weighted by atomic mass is 9.98. The number of carbonyl (C=O) groups is 16. The lowest BCUT2D eigenvalue weighted by molar-refractivity contribution is -0.288. The molecule has 0 unspecified atom stereocenters. The molecule has 9 heterocycles. The topological polar surface area (TPSA) is 552 Å². The van der Waals surface area contributed by atoms with Crippen LogP contribution in [0, 0.1) is 0 Å². The summed E-state index contributed by atoms with van der Waals surface area (Å²) < 4.78 is 141. The van der Waals surface area contributed by atoms with E-state index in [1.807, 2.05) is 24.3 Å². The lowest BCUT2D eigenvalue weighted by Crippen LogP contribution is -2.63. The quantitative estimate of drug-likeness (QED) is 0.0295. The number of H-pyrrole nitrogens is 2. The van der Waals surface area contributed by atoms with E-state index in [0.29, 0.717) is 89.4 Å². The van der Waals surface area contributed by atoms with Crippen molar-refractivity contribution in [3.63, 3.8) is 0 Å².